The zero-order chi connectivity index (χ0) is 10.7. The fourth-order valence-electron chi connectivity index (χ4n) is 2.16. The summed E-state index contributed by atoms with van der Waals surface area (Å²) in [5.41, 5.74) is 0. The SMILES string of the molecule is CCNC(c1ccc(C)s1)C1CCSC1. The quantitative estimate of drug-likeness (QED) is 0.866. The fraction of sp³-hybridized carbons (Fsp3) is 0.667. The molecule has 3 heteroatoms. The Balaban J connectivity index is 2.11. The smallest absolute Gasteiger partial charge is 0.0451 e. The molecule has 1 fully saturated rings. The predicted octanol–water partition coefficient (Wildman–Crippen LogP) is 3.46. The number of hydrogen-bond acceptors (Lipinski definition) is 3. The normalized spacial score (nSPS) is 23.2. The van der Waals surface area contributed by atoms with Crippen molar-refractivity contribution >= 4 is 23.1 Å². The second-order valence-electron chi connectivity index (χ2n) is 4.11. The molecule has 0 radical (unpaired) electrons. The minimum absolute atomic E-state index is 0.601. The third kappa shape index (κ3) is 2.77. The van der Waals surface area contributed by atoms with Gasteiger partial charge in [0.1, 0.15) is 0 Å². The van der Waals surface area contributed by atoms with Crippen LogP contribution in [0.1, 0.15) is 29.1 Å². The van der Waals surface area contributed by atoms with Crippen LogP contribution in [0.2, 0.25) is 0 Å². The topological polar surface area (TPSA) is 12.0 Å². The first-order valence-corrected chi connectivity index (χ1v) is 7.66. The number of aryl methyl sites for hydroxylation is 1. The lowest BCUT2D eigenvalue weighted by Gasteiger charge is -2.22. The van der Waals surface area contributed by atoms with Gasteiger partial charge in [0.15, 0.2) is 0 Å². The highest BCUT2D eigenvalue weighted by Crippen LogP contribution is 2.36. The van der Waals surface area contributed by atoms with E-state index < -0.39 is 0 Å². The van der Waals surface area contributed by atoms with Crippen LogP contribution in [0.5, 0.6) is 0 Å². The Morgan fingerprint density at radius 3 is 2.93 bits per heavy atom. The molecule has 15 heavy (non-hydrogen) atoms. The Hall–Kier alpha value is 0.01000. The summed E-state index contributed by atoms with van der Waals surface area (Å²) >= 11 is 4.05. The monoisotopic (exact) mass is 241 g/mol. The maximum absolute atomic E-state index is 3.65. The van der Waals surface area contributed by atoms with E-state index in [1.54, 1.807) is 0 Å². The molecule has 2 unspecified atom stereocenters. The summed E-state index contributed by atoms with van der Waals surface area (Å²) in [6, 6.07) is 5.15. The Kier molecular flexibility index (Phi) is 4.12. The van der Waals surface area contributed by atoms with Gasteiger partial charge in [-0.1, -0.05) is 6.92 Å². The van der Waals surface area contributed by atoms with Crippen LogP contribution in [0.25, 0.3) is 0 Å². The summed E-state index contributed by atoms with van der Waals surface area (Å²) in [6.45, 7) is 5.47. The molecule has 1 nitrogen and oxygen atoms in total. The van der Waals surface area contributed by atoms with Crippen molar-refractivity contribution in [2.75, 3.05) is 18.1 Å². The van der Waals surface area contributed by atoms with Crippen molar-refractivity contribution in [3.05, 3.63) is 21.9 Å². The minimum atomic E-state index is 0.601. The molecule has 2 atom stereocenters. The van der Waals surface area contributed by atoms with Gasteiger partial charge in [0.05, 0.1) is 0 Å². The predicted molar refractivity (Wildman–Crippen MR) is 70.9 cm³/mol. The third-order valence-electron chi connectivity index (χ3n) is 2.93. The summed E-state index contributed by atoms with van der Waals surface area (Å²) in [6.07, 6.45) is 1.37. The minimum Gasteiger partial charge on any atom is -0.309 e. The lowest BCUT2D eigenvalue weighted by Crippen LogP contribution is -2.27. The fourth-order valence-corrected chi connectivity index (χ4v) is 4.50. The van der Waals surface area contributed by atoms with Crippen molar-refractivity contribution in [1.29, 1.82) is 0 Å². The van der Waals surface area contributed by atoms with Crippen molar-refractivity contribution in [2.45, 2.75) is 26.3 Å². The first-order chi connectivity index (χ1) is 7.31. The van der Waals surface area contributed by atoms with Gasteiger partial charge in [-0.05, 0) is 49.4 Å². The van der Waals surface area contributed by atoms with Crippen LogP contribution in [0.4, 0.5) is 0 Å². The van der Waals surface area contributed by atoms with Crippen LogP contribution in [0.3, 0.4) is 0 Å². The molecule has 0 aliphatic carbocycles. The van der Waals surface area contributed by atoms with Gasteiger partial charge >= 0.3 is 0 Å². The number of hydrogen-bond donors (Lipinski definition) is 1. The van der Waals surface area contributed by atoms with Crippen LogP contribution < -0.4 is 5.32 Å². The first kappa shape index (κ1) is 11.5. The van der Waals surface area contributed by atoms with Crippen molar-refractivity contribution in [2.24, 2.45) is 5.92 Å². The number of rotatable bonds is 4. The molecule has 1 aromatic rings. The van der Waals surface area contributed by atoms with E-state index in [0.29, 0.717) is 6.04 Å². The maximum Gasteiger partial charge on any atom is 0.0451 e. The van der Waals surface area contributed by atoms with Crippen LogP contribution >= 0.6 is 23.1 Å². The molecular weight excluding hydrogens is 222 g/mol. The van der Waals surface area contributed by atoms with Gasteiger partial charge < -0.3 is 5.32 Å². The Labute approximate surface area is 101 Å². The Morgan fingerprint density at radius 2 is 2.40 bits per heavy atom. The van der Waals surface area contributed by atoms with E-state index in [4.69, 9.17) is 0 Å². The highest BCUT2D eigenvalue weighted by molar-refractivity contribution is 7.99. The molecule has 1 aliphatic rings. The van der Waals surface area contributed by atoms with Crippen molar-refractivity contribution < 1.29 is 0 Å². The van der Waals surface area contributed by atoms with Gasteiger partial charge in [0.25, 0.3) is 0 Å². The zero-order valence-electron chi connectivity index (χ0n) is 9.45. The highest BCUT2D eigenvalue weighted by atomic mass is 32.2. The molecule has 1 saturated heterocycles. The largest absolute Gasteiger partial charge is 0.309 e. The molecule has 0 spiro atoms. The Bertz CT molecular complexity index is 302. The van der Waals surface area contributed by atoms with Crippen molar-refractivity contribution in [1.82, 2.24) is 5.32 Å². The summed E-state index contributed by atoms with van der Waals surface area (Å²) < 4.78 is 0. The molecule has 0 amide bonds. The van der Waals surface area contributed by atoms with Gasteiger partial charge in [0, 0.05) is 15.8 Å². The van der Waals surface area contributed by atoms with Crippen molar-refractivity contribution in [3.63, 3.8) is 0 Å². The average molecular weight is 241 g/mol. The first-order valence-electron chi connectivity index (χ1n) is 5.68. The van der Waals surface area contributed by atoms with Crippen LogP contribution in [0, 0.1) is 12.8 Å². The Morgan fingerprint density at radius 1 is 1.53 bits per heavy atom. The molecule has 0 bridgehead atoms. The van der Waals surface area contributed by atoms with Crippen molar-refractivity contribution in [3.8, 4) is 0 Å². The van der Waals surface area contributed by atoms with E-state index in [9.17, 15) is 0 Å². The number of thioether (sulfide) groups is 1. The van der Waals surface area contributed by atoms with E-state index in [0.717, 1.165) is 12.5 Å². The van der Waals surface area contributed by atoms with Gasteiger partial charge in [-0.2, -0.15) is 11.8 Å². The van der Waals surface area contributed by atoms with E-state index in [1.165, 1.54) is 27.7 Å². The lowest BCUT2D eigenvalue weighted by molar-refractivity contribution is 0.407. The van der Waals surface area contributed by atoms with E-state index in [1.807, 2.05) is 11.3 Å². The van der Waals surface area contributed by atoms with E-state index in [-0.39, 0.29) is 0 Å². The third-order valence-corrected chi connectivity index (χ3v) is 5.20. The summed E-state index contributed by atoms with van der Waals surface area (Å²) in [5.74, 6) is 3.51. The maximum atomic E-state index is 3.65. The van der Waals surface area contributed by atoms with E-state index >= 15 is 0 Å². The van der Waals surface area contributed by atoms with Gasteiger partial charge in [-0.3, -0.25) is 0 Å². The van der Waals surface area contributed by atoms with Crippen LogP contribution in [-0.2, 0) is 0 Å². The average Bonchev–Trinajstić information content (AvgIpc) is 2.85. The second-order valence-corrected chi connectivity index (χ2v) is 6.58. The summed E-state index contributed by atoms with van der Waals surface area (Å²) in [7, 11) is 0. The highest BCUT2D eigenvalue weighted by Gasteiger charge is 2.26. The molecule has 84 valence electrons. The molecule has 1 aromatic heterocycles. The molecule has 1 aliphatic heterocycles. The van der Waals surface area contributed by atoms with Crippen LogP contribution in [-0.4, -0.2) is 18.1 Å². The molecule has 2 rings (SSSR count). The van der Waals surface area contributed by atoms with Crippen LogP contribution in [0.15, 0.2) is 12.1 Å². The molecular formula is C12H19NS2. The lowest BCUT2D eigenvalue weighted by atomic mass is 9.98. The standard InChI is InChI=1S/C12H19NS2/c1-3-13-12(10-6-7-14-8-10)11-5-4-9(2)15-11/h4-5,10,12-13H,3,6-8H2,1-2H3. The summed E-state index contributed by atoms with van der Waals surface area (Å²) in [5, 5.41) is 3.65. The van der Waals surface area contributed by atoms with Gasteiger partial charge in [-0.25, -0.2) is 0 Å². The molecule has 0 saturated carbocycles. The molecule has 0 aromatic carbocycles. The summed E-state index contributed by atoms with van der Waals surface area (Å²) in [4.78, 5) is 2.96. The van der Waals surface area contributed by atoms with E-state index in [2.05, 4.69) is 43.1 Å². The number of thiophene rings is 1. The zero-order valence-corrected chi connectivity index (χ0v) is 11.1. The van der Waals surface area contributed by atoms with Gasteiger partial charge in [0.2, 0.25) is 0 Å². The second kappa shape index (κ2) is 5.37. The molecule has 2 heterocycles. The van der Waals surface area contributed by atoms with Gasteiger partial charge in [-0.15, -0.1) is 11.3 Å². The number of nitrogens with one attached hydrogen (secondary N) is 1. The molecule has 1 N–H and O–H groups in total.